The Bertz CT molecular complexity index is 1670. The van der Waals surface area contributed by atoms with Gasteiger partial charge in [-0.1, -0.05) is 37.6 Å². The summed E-state index contributed by atoms with van der Waals surface area (Å²) in [6, 6.07) is 10.5. The van der Waals surface area contributed by atoms with Gasteiger partial charge < -0.3 is 5.32 Å². The van der Waals surface area contributed by atoms with Crippen molar-refractivity contribution < 1.29 is 22.0 Å². The van der Waals surface area contributed by atoms with E-state index in [0.29, 0.717) is 28.9 Å². The Balaban J connectivity index is 0.000000628. The molecule has 0 radical (unpaired) electrons. The van der Waals surface area contributed by atoms with Crippen molar-refractivity contribution in [3.63, 3.8) is 0 Å². The van der Waals surface area contributed by atoms with Gasteiger partial charge in [-0.25, -0.2) is 22.0 Å². The molecule has 0 saturated heterocycles. The molecule has 1 aliphatic rings. The first-order valence-corrected chi connectivity index (χ1v) is 15.1. The predicted octanol–water partition coefficient (Wildman–Crippen LogP) is 8.00. The molecule has 2 aromatic carbocycles. The van der Waals surface area contributed by atoms with Crippen LogP contribution in [0.25, 0.3) is 11.1 Å². The summed E-state index contributed by atoms with van der Waals surface area (Å²) in [5.74, 6) is 2.25. The summed E-state index contributed by atoms with van der Waals surface area (Å²) >= 11 is 0. The molecule has 224 valence electrons. The van der Waals surface area contributed by atoms with Crippen LogP contribution in [0.1, 0.15) is 35.3 Å². The molecule has 4 aromatic rings. The number of hydrogen-bond acceptors (Lipinski definition) is 3. The molecule has 1 aliphatic heterocycles. The van der Waals surface area contributed by atoms with Crippen LogP contribution in [0.3, 0.4) is 0 Å². The molecule has 43 heavy (non-hydrogen) atoms. The first kappa shape index (κ1) is 31.7. The second-order valence-corrected chi connectivity index (χ2v) is 11.4. The van der Waals surface area contributed by atoms with Gasteiger partial charge in [0.1, 0.15) is 11.9 Å². The van der Waals surface area contributed by atoms with Gasteiger partial charge in [0.2, 0.25) is 6.43 Å². The first-order valence-electron chi connectivity index (χ1n) is 13.5. The predicted molar refractivity (Wildman–Crippen MR) is 164 cm³/mol. The zero-order valence-electron chi connectivity index (χ0n) is 23.5. The van der Waals surface area contributed by atoms with Gasteiger partial charge in [-0.2, -0.15) is 15.6 Å². The number of pyridine rings is 1. The van der Waals surface area contributed by atoms with Gasteiger partial charge in [-0.15, -0.1) is 5.73 Å². The molecule has 2 aromatic heterocycles. The molecule has 0 amide bonds. The molecule has 0 bridgehead atoms. The molecular weight excluding hydrogens is 579 g/mol. The van der Waals surface area contributed by atoms with Gasteiger partial charge in [-0.05, 0) is 65.1 Å². The van der Waals surface area contributed by atoms with Crippen molar-refractivity contribution in [2.24, 2.45) is 0 Å². The topological polar surface area (TPSA) is 42.7 Å². The Kier molecular flexibility index (Phi) is 10.9. The first-order chi connectivity index (χ1) is 20.6. The highest BCUT2D eigenvalue weighted by atomic mass is 32.2. The van der Waals surface area contributed by atoms with Gasteiger partial charge in [0, 0.05) is 53.5 Å². The SMILES string of the molecule is C=C(NCc1ccnc(CC)c1)C(c1ccc(-c2ccc(F)c(F)c2)cc1F)n1cc(CC(F)F)cn1.C=S1C=C=CC1. The van der Waals surface area contributed by atoms with E-state index < -0.39 is 36.3 Å². The fourth-order valence-electron chi connectivity index (χ4n) is 4.39. The molecule has 2 unspecified atom stereocenters. The maximum absolute atomic E-state index is 15.5. The van der Waals surface area contributed by atoms with Crippen molar-refractivity contribution in [1.29, 1.82) is 0 Å². The van der Waals surface area contributed by atoms with Crippen LogP contribution in [0.15, 0.2) is 96.6 Å². The molecule has 3 heterocycles. The smallest absolute Gasteiger partial charge is 0.242 e. The summed E-state index contributed by atoms with van der Waals surface area (Å²) in [7, 11) is 0.285. The molecule has 2 atom stereocenters. The standard InChI is InChI=1S/C28H25F5N4.C5H6S/c1-3-22-10-18(8-9-34-22)14-35-17(2)28(37-16-19(15-36-37)11-27(32)33)23-6-4-20(12-25(23)30)21-5-7-24(29)26(31)13-21;1-6-4-2-3-5-6/h4-10,12-13,15-16,27-28,35H,2-3,11,14H2,1H3;2,5H,1,4H2. The van der Waals surface area contributed by atoms with E-state index in [4.69, 9.17) is 0 Å². The van der Waals surface area contributed by atoms with Crippen LogP contribution >= 0.6 is 10.5 Å². The monoisotopic (exact) mass is 610 g/mol. The number of halogens is 5. The number of nitrogens with one attached hydrogen (secondary N) is 1. The molecule has 1 N–H and O–H groups in total. The molecular formula is C33H31F5N4S. The van der Waals surface area contributed by atoms with Gasteiger partial charge in [-0.3, -0.25) is 9.67 Å². The third-order valence-corrected chi connectivity index (χ3v) is 7.66. The normalized spacial score (nSPS) is 14.4. The fourth-order valence-corrected chi connectivity index (χ4v) is 5.08. The molecule has 0 fully saturated rings. The van der Waals surface area contributed by atoms with E-state index in [-0.39, 0.29) is 16.0 Å². The summed E-state index contributed by atoms with van der Waals surface area (Å²) in [6.07, 6.45) is 4.22. The zero-order valence-corrected chi connectivity index (χ0v) is 24.4. The highest BCUT2D eigenvalue weighted by Gasteiger charge is 2.23. The van der Waals surface area contributed by atoms with Crippen LogP contribution in [0.4, 0.5) is 22.0 Å². The number of benzene rings is 2. The second-order valence-electron chi connectivity index (χ2n) is 9.77. The number of allylic oxidation sites excluding steroid dienone is 1. The van der Waals surface area contributed by atoms with Crippen molar-refractivity contribution >= 4 is 16.4 Å². The average Bonchev–Trinajstić information content (AvgIpc) is 3.66. The quantitative estimate of drug-likeness (QED) is 0.112. The Morgan fingerprint density at radius 3 is 2.37 bits per heavy atom. The molecule has 0 spiro atoms. The molecule has 10 heteroatoms. The Labute approximate surface area is 250 Å². The van der Waals surface area contributed by atoms with Crippen LogP contribution in [-0.2, 0) is 19.4 Å². The lowest BCUT2D eigenvalue weighted by molar-refractivity contribution is 0.149. The number of alkyl halides is 2. The average molecular weight is 611 g/mol. The van der Waals surface area contributed by atoms with Crippen molar-refractivity contribution in [2.45, 2.75) is 38.8 Å². The van der Waals surface area contributed by atoms with Crippen molar-refractivity contribution in [3.05, 3.63) is 136 Å². The molecule has 0 aliphatic carbocycles. The Morgan fingerprint density at radius 2 is 1.77 bits per heavy atom. The molecule has 0 saturated carbocycles. The highest BCUT2D eigenvalue weighted by Crippen LogP contribution is 2.31. The maximum Gasteiger partial charge on any atom is 0.242 e. The summed E-state index contributed by atoms with van der Waals surface area (Å²) in [6.45, 7) is 6.46. The summed E-state index contributed by atoms with van der Waals surface area (Å²) < 4.78 is 69.8. The van der Waals surface area contributed by atoms with Crippen LogP contribution in [0, 0.1) is 17.5 Å². The molecule has 4 nitrogen and oxygen atoms in total. The third-order valence-electron chi connectivity index (χ3n) is 6.60. The minimum atomic E-state index is -2.55. The fraction of sp³-hybridized carbons (Fsp3) is 0.212. The van der Waals surface area contributed by atoms with Crippen LogP contribution in [-0.4, -0.2) is 32.8 Å². The van der Waals surface area contributed by atoms with E-state index in [1.807, 2.05) is 30.5 Å². The van der Waals surface area contributed by atoms with E-state index in [1.54, 1.807) is 12.3 Å². The lowest BCUT2D eigenvalue weighted by Crippen LogP contribution is -2.24. The van der Waals surface area contributed by atoms with Crippen molar-refractivity contribution in [1.82, 2.24) is 20.1 Å². The number of hydrogen-bond donors (Lipinski definition) is 1. The van der Waals surface area contributed by atoms with Crippen LogP contribution in [0.5, 0.6) is 0 Å². The number of nitrogens with zero attached hydrogens (tertiary/aromatic N) is 3. The van der Waals surface area contributed by atoms with Gasteiger partial charge in [0.05, 0.1) is 6.20 Å². The number of rotatable bonds is 10. The van der Waals surface area contributed by atoms with E-state index >= 15 is 4.39 Å². The zero-order chi connectivity index (χ0) is 30.9. The lowest BCUT2D eigenvalue weighted by atomic mass is 9.98. The highest BCUT2D eigenvalue weighted by molar-refractivity contribution is 8.16. The second kappa shape index (κ2) is 14.8. The maximum atomic E-state index is 15.5. The Morgan fingerprint density at radius 1 is 1.02 bits per heavy atom. The van der Waals surface area contributed by atoms with Gasteiger partial charge in [0.15, 0.2) is 11.6 Å². The van der Waals surface area contributed by atoms with E-state index in [1.165, 1.54) is 35.3 Å². The Hall–Kier alpha value is -4.27. The largest absolute Gasteiger partial charge is 0.383 e. The van der Waals surface area contributed by atoms with E-state index in [9.17, 15) is 17.6 Å². The van der Waals surface area contributed by atoms with Crippen molar-refractivity contribution in [2.75, 3.05) is 5.75 Å². The van der Waals surface area contributed by atoms with Gasteiger partial charge >= 0.3 is 0 Å². The summed E-state index contributed by atoms with van der Waals surface area (Å²) in [4.78, 5) is 4.28. The van der Waals surface area contributed by atoms with Crippen LogP contribution < -0.4 is 5.32 Å². The number of aryl methyl sites for hydroxylation is 1. The summed E-state index contributed by atoms with van der Waals surface area (Å²) in [5, 5.41) is 9.42. The molecule has 5 rings (SSSR count). The summed E-state index contributed by atoms with van der Waals surface area (Å²) in [5.41, 5.74) is 6.36. The van der Waals surface area contributed by atoms with Crippen LogP contribution in [0.2, 0.25) is 0 Å². The minimum absolute atomic E-state index is 0.180. The number of aromatic nitrogens is 3. The third kappa shape index (κ3) is 8.63. The van der Waals surface area contributed by atoms with E-state index in [2.05, 4.69) is 33.6 Å². The van der Waals surface area contributed by atoms with Gasteiger partial charge in [0.25, 0.3) is 0 Å². The minimum Gasteiger partial charge on any atom is -0.383 e. The lowest BCUT2D eigenvalue weighted by Gasteiger charge is -2.23. The van der Waals surface area contributed by atoms with E-state index in [0.717, 1.165) is 35.6 Å². The van der Waals surface area contributed by atoms with Crippen molar-refractivity contribution in [3.8, 4) is 11.1 Å².